The van der Waals surface area contributed by atoms with Gasteiger partial charge in [-0.25, -0.2) is 0 Å². The molecule has 0 atom stereocenters. The number of aryl methyl sites for hydroxylation is 1. The minimum Gasteiger partial charge on any atom is -0.344 e. The van der Waals surface area contributed by atoms with E-state index in [1.54, 1.807) is 0 Å². The highest BCUT2D eigenvalue weighted by Crippen LogP contribution is 2.30. The average Bonchev–Trinajstić information content (AvgIpc) is 2.60. The average molecular weight is 378 g/mol. The van der Waals surface area contributed by atoms with Crippen LogP contribution in [0.4, 0.5) is 5.69 Å². The van der Waals surface area contributed by atoms with Crippen molar-refractivity contribution in [3.63, 3.8) is 0 Å². The minimum absolute atomic E-state index is 1.10. The van der Waals surface area contributed by atoms with E-state index >= 15 is 0 Å². The molecule has 2 nitrogen and oxygen atoms in total. The third kappa shape index (κ3) is 2.55. The van der Waals surface area contributed by atoms with Gasteiger partial charge in [-0.15, -0.1) is 0 Å². The molecule has 0 bridgehead atoms. The van der Waals surface area contributed by atoms with E-state index in [9.17, 15) is 0 Å². The number of anilines is 1. The van der Waals surface area contributed by atoms with Crippen LogP contribution in [0, 0.1) is 0 Å². The number of pyridine rings is 1. The van der Waals surface area contributed by atoms with Gasteiger partial charge in [-0.1, -0.05) is 40.2 Å². The maximum absolute atomic E-state index is 3.54. The predicted octanol–water partition coefficient (Wildman–Crippen LogP) is 4.93. The molecule has 0 amide bonds. The molecule has 0 fully saturated rings. The minimum atomic E-state index is 1.10. The summed E-state index contributed by atoms with van der Waals surface area (Å²) in [6.07, 6.45) is 6.58. The number of fused-ring (bicyclic) bond motifs is 2. The van der Waals surface area contributed by atoms with E-state index < -0.39 is 0 Å². The Morgan fingerprint density at radius 3 is 2.71 bits per heavy atom. The molecule has 0 saturated heterocycles. The first-order valence-electron chi connectivity index (χ1n) is 7.94. The molecule has 0 unspecified atom stereocenters. The van der Waals surface area contributed by atoms with Crippen molar-refractivity contribution in [3.05, 3.63) is 82.1 Å². The Morgan fingerprint density at radius 2 is 1.83 bits per heavy atom. The Hall–Kier alpha value is -2.39. The van der Waals surface area contributed by atoms with Crippen LogP contribution in [0.15, 0.2) is 70.8 Å². The lowest BCUT2D eigenvalue weighted by atomic mass is 10.1. The SMILES string of the molecule is CN1/C(=C/c2ccc3cc(Br)ccc3[n+]2C)C=Cc2ccccc21. The number of likely N-dealkylation sites (N-methyl/N-ethyl adjacent to an activating group) is 1. The molecule has 2 aromatic carbocycles. The van der Waals surface area contributed by atoms with Gasteiger partial charge in [0.15, 0.2) is 0 Å². The molecule has 1 aliphatic heterocycles. The summed E-state index contributed by atoms with van der Waals surface area (Å²) < 4.78 is 3.34. The third-order valence-electron chi connectivity index (χ3n) is 4.59. The van der Waals surface area contributed by atoms with Crippen LogP contribution in [0.3, 0.4) is 0 Å². The van der Waals surface area contributed by atoms with E-state index in [2.05, 4.69) is 112 Å². The van der Waals surface area contributed by atoms with Crippen molar-refractivity contribution < 1.29 is 4.57 Å². The highest BCUT2D eigenvalue weighted by Gasteiger charge is 2.16. The lowest BCUT2D eigenvalue weighted by Gasteiger charge is -2.26. The van der Waals surface area contributed by atoms with Crippen molar-refractivity contribution >= 4 is 44.7 Å². The molecule has 0 saturated carbocycles. The zero-order valence-electron chi connectivity index (χ0n) is 13.7. The van der Waals surface area contributed by atoms with Gasteiger partial charge >= 0.3 is 0 Å². The zero-order valence-corrected chi connectivity index (χ0v) is 15.3. The summed E-state index contributed by atoms with van der Waals surface area (Å²) >= 11 is 3.54. The number of hydrogen-bond acceptors (Lipinski definition) is 1. The number of nitrogens with zero attached hydrogens (tertiary/aromatic N) is 2. The van der Waals surface area contributed by atoms with Gasteiger partial charge in [-0.3, -0.25) is 0 Å². The molecule has 3 aromatic rings. The standard InChI is InChI=1S/C21H18BrN2/c1-23-18(10-7-15-5-3-4-6-20(15)23)14-19-11-8-16-13-17(22)9-12-21(16)24(19)2/h3-14H,1-2H3/q+1. The van der Waals surface area contributed by atoms with E-state index in [0.717, 1.165) is 4.47 Å². The third-order valence-corrected chi connectivity index (χ3v) is 5.08. The van der Waals surface area contributed by atoms with Crippen LogP contribution in [0.2, 0.25) is 0 Å². The lowest BCUT2D eigenvalue weighted by molar-refractivity contribution is -0.646. The van der Waals surface area contributed by atoms with Crippen LogP contribution >= 0.6 is 15.9 Å². The molecule has 0 spiro atoms. The van der Waals surface area contributed by atoms with Gasteiger partial charge in [-0.05, 0) is 35.9 Å². The number of benzene rings is 2. The lowest BCUT2D eigenvalue weighted by Crippen LogP contribution is -2.33. The highest BCUT2D eigenvalue weighted by molar-refractivity contribution is 9.10. The van der Waals surface area contributed by atoms with Crippen molar-refractivity contribution in [2.75, 3.05) is 11.9 Å². The van der Waals surface area contributed by atoms with E-state index in [1.165, 1.54) is 33.5 Å². The fourth-order valence-electron chi connectivity index (χ4n) is 3.19. The maximum Gasteiger partial charge on any atom is 0.212 e. The first-order valence-corrected chi connectivity index (χ1v) is 8.73. The molecule has 0 aliphatic carbocycles. The topological polar surface area (TPSA) is 7.12 Å². The molecule has 4 rings (SSSR count). The van der Waals surface area contributed by atoms with Crippen LogP contribution in [-0.2, 0) is 7.05 Å². The van der Waals surface area contributed by atoms with Crippen molar-refractivity contribution in [2.24, 2.45) is 7.05 Å². The molecule has 1 aromatic heterocycles. The van der Waals surface area contributed by atoms with E-state index in [-0.39, 0.29) is 0 Å². The van der Waals surface area contributed by atoms with Gasteiger partial charge in [0.05, 0.1) is 0 Å². The van der Waals surface area contributed by atoms with Crippen molar-refractivity contribution in [3.8, 4) is 0 Å². The molecular weight excluding hydrogens is 360 g/mol. The molecule has 1 aliphatic rings. The zero-order chi connectivity index (χ0) is 16.7. The number of rotatable bonds is 1. The second-order valence-corrected chi connectivity index (χ2v) is 6.96. The van der Waals surface area contributed by atoms with Gasteiger partial charge < -0.3 is 4.90 Å². The number of para-hydroxylation sites is 1. The van der Waals surface area contributed by atoms with Gasteiger partial charge in [-0.2, -0.15) is 4.57 Å². The second-order valence-electron chi connectivity index (χ2n) is 6.04. The summed E-state index contributed by atoms with van der Waals surface area (Å²) in [5.74, 6) is 0. The number of hydrogen-bond donors (Lipinski definition) is 0. The molecule has 0 N–H and O–H groups in total. The Morgan fingerprint density at radius 1 is 1.00 bits per heavy atom. The monoisotopic (exact) mass is 377 g/mol. The molecule has 0 radical (unpaired) electrons. The molecular formula is C21H18BrN2+. The number of allylic oxidation sites excluding steroid dienone is 1. The summed E-state index contributed by atoms with van der Waals surface area (Å²) in [5.41, 5.74) is 6.07. The van der Waals surface area contributed by atoms with Crippen LogP contribution in [0.25, 0.3) is 23.1 Å². The predicted molar refractivity (Wildman–Crippen MR) is 105 cm³/mol. The Bertz CT molecular complexity index is 1000. The molecule has 2 heterocycles. The highest BCUT2D eigenvalue weighted by atomic mass is 79.9. The molecule has 24 heavy (non-hydrogen) atoms. The van der Waals surface area contributed by atoms with Crippen molar-refractivity contribution in [2.45, 2.75) is 0 Å². The fraction of sp³-hybridized carbons (Fsp3) is 0.0952. The summed E-state index contributed by atoms with van der Waals surface area (Å²) in [5, 5.41) is 1.23. The first kappa shape index (κ1) is 15.2. The quantitative estimate of drug-likeness (QED) is 0.545. The van der Waals surface area contributed by atoms with Gasteiger partial charge in [0.1, 0.15) is 7.05 Å². The van der Waals surface area contributed by atoms with E-state index in [1.807, 2.05) is 0 Å². The smallest absolute Gasteiger partial charge is 0.212 e. The molecule has 118 valence electrons. The van der Waals surface area contributed by atoms with E-state index in [4.69, 9.17) is 0 Å². The van der Waals surface area contributed by atoms with Crippen LogP contribution in [0.5, 0.6) is 0 Å². The first-order chi connectivity index (χ1) is 11.6. The Balaban J connectivity index is 1.81. The largest absolute Gasteiger partial charge is 0.344 e. The van der Waals surface area contributed by atoms with Crippen LogP contribution in [-0.4, -0.2) is 7.05 Å². The number of aromatic nitrogens is 1. The Labute approximate surface area is 150 Å². The normalized spacial score (nSPS) is 15.1. The summed E-state index contributed by atoms with van der Waals surface area (Å²) in [7, 11) is 4.23. The second kappa shape index (κ2) is 5.91. The maximum atomic E-state index is 3.54. The Kier molecular flexibility index (Phi) is 3.73. The fourth-order valence-corrected chi connectivity index (χ4v) is 3.57. The number of halogens is 1. The molecule has 3 heteroatoms. The van der Waals surface area contributed by atoms with Gasteiger partial charge in [0.2, 0.25) is 11.2 Å². The van der Waals surface area contributed by atoms with Crippen molar-refractivity contribution in [1.82, 2.24) is 0 Å². The van der Waals surface area contributed by atoms with Crippen LogP contribution < -0.4 is 9.47 Å². The van der Waals surface area contributed by atoms with Gasteiger partial charge in [0.25, 0.3) is 0 Å². The van der Waals surface area contributed by atoms with Gasteiger partial charge in [0, 0.05) is 46.5 Å². The van der Waals surface area contributed by atoms with E-state index in [0.29, 0.717) is 0 Å². The van der Waals surface area contributed by atoms with Crippen LogP contribution in [0.1, 0.15) is 11.3 Å². The summed E-state index contributed by atoms with van der Waals surface area (Å²) in [6.45, 7) is 0. The summed E-state index contributed by atoms with van der Waals surface area (Å²) in [6, 6.07) is 19.2. The van der Waals surface area contributed by atoms with Crippen molar-refractivity contribution in [1.29, 1.82) is 0 Å². The summed E-state index contributed by atoms with van der Waals surface area (Å²) in [4.78, 5) is 2.24.